The van der Waals surface area contributed by atoms with Crippen LogP contribution in [0.2, 0.25) is 0 Å². The molecular formula is C18H14F3N7O3. The van der Waals surface area contributed by atoms with Gasteiger partial charge in [-0.05, 0) is 31.0 Å². The van der Waals surface area contributed by atoms with E-state index < -0.39 is 23.9 Å². The molecule has 2 heterocycles. The van der Waals surface area contributed by atoms with Gasteiger partial charge in [-0.1, -0.05) is 0 Å². The Hall–Kier alpha value is -4.21. The van der Waals surface area contributed by atoms with Crippen LogP contribution in [0, 0.1) is 11.3 Å². The molecule has 2 aromatic heterocycles. The molecule has 1 aliphatic carbocycles. The van der Waals surface area contributed by atoms with E-state index in [0.29, 0.717) is 11.3 Å². The Morgan fingerprint density at radius 3 is 2.71 bits per heavy atom. The Kier molecular flexibility index (Phi) is 4.90. The number of carbonyl (C=O) groups is 1. The first-order chi connectivity index (χ1) is 14.7. The number of rotatable bonds is 6. The molecule has 0 unspecified atom stereocenters. The van der Waals surface area contributed by atoms with Crippen molar-refractivity contribution in [1.82, 2.24) is 14.6 Å². The van der Waals surface area contributed by atoms with E-state index >= 15 is 0 Å². The van der Waals surface area contributed by atoms with E-state index in [1.807, 2.05) is 11.4 Å². The third-order valence-corrected chi connectivity index (χ3v) is 4.24. The first-order valence-electron chi connectivity index (χ1n) is 8.94. The predicted molar refractivity (Wildman–Crippen MR) is 102 cm³/mol. The topological polar surface area (TPSA) is 137 Å². The Balaban J connectivity index is 1.69. The van der Waals surface area contributed by atoms with Gasteiger partial charge in [-0.3, -0.25) is 5.32 Å². The van der Waals surface area contributed by atoms with Crippen LogP contribution in [-0.2, 0) is 0 Å². The summed E-state index contributed by atoms with van der Waals surface area (Å²) in [6.45, 7) is 0. The molecule has 1 amide bonds. The summed E-state index contributed by atoms with van der Waals surface area (Å²) in [5.41, 5.74) is 1.10. The van der Waals surface area contributed by atoms with Gasteiger partial charge in [0.2, 0.25) is 0 Å². The van der Waals surface area contributed by atoms with Crippen LogP contribution in [0.4, 0.5) is 40.8 Å². The highest BCUT2D eigenvalue weighted by atomic mass is 19.4. The van der Waals surface area contributed by atoms with Gasteiger partial charge in [0.15, 0.2) is 22.9 Å². The van der Waals surface area contributed by atoms with Gasteiger partial charge in [-0.25, -0.2) is 9.78 Å². The summed E-state index contributed by atoms with van der Waals surface area (Å²) in [7, 11) is 0. The van der Waals surface area contributed by atoms with Crippen molar-refractivity contribution in [3.63, 3.8) is 0 Å². The minimum Gasteiger partial charge on any atom is -0.465 e. The van der Waals surface area contributed by atoms with Crippen LogP contribution < -0.4 is 20.7 Å². The van der Waals surface area contributed by atoms with Gasteiger partial charge in [0, 0.05) is 17.8 Å². The Morgan fingerprint density at radius 2 is 2.06 bits per heavy atom. The van der Waals surface area contributed by atoms with Crippen molar-refractivity contribution in [2.45, 2.75) is 25.2 Å². The molecule has 13 heteroatoms. The fourth-order valence-corrected chi connectivity index (χ4v) is 2.84. The Morgan fingerprint density at radius 1 is 1.29 bits per heavy atom. The van der Waals surface area contributed by atoms with Gasteiger partial charge in [0.25, 0.3) is 0 Å². The first kappa shape index (κ1) is 20.1. The lowest BCUT2D eigenvalue weighted by molar-refractivity contribution is -0.274. The molecule has 1 aromatic carbocycles. The third kappa shape index (κ3) is 4.69. The van der Waals surface area contributed by atoms with Gasteiger partial charge >= 0.3 is 12.5 Å². The first-order valence-corrected chi connectivity index (χ1v) is 8.94. The zero-order chi connectivity index (χ0) is 22.2. The van der Waals surface area contributed by atoms with Crippen LogP contribution in [0.5, 0.6) is 5.75 Å². The van der Waals surface area contributed by atoms with Gasteiger partial charge < -0.3 is 20.5 Å². The van der Waals surface area contributed by atoms with Crippen molar-refractivity contribution in [2.24, 2.45) is 0 Å². The molecule has 0 atom stereocenters. The van der Waals surface area contributed by atoms with E-state index in [9.17, 15) is 23.2 Å². The number of imidazole rings is 1. The lowest BCUT2D eigenvalue weighted by atomic mass is 10.2. The number of fused-ring (bicyclic) bond motifs is 1. The van der Waals surface area contributed by atoms with Crippen molar-refractivity contribution in [3.05, 3.63) is 36.2 Å². The second-order valence-electron chi connectivity index (χ2n) is 6.67. The van der Waals surface area contributed by atoms with Crippen LogP contribution in [-0.4, -0.2) is 38.2 Å². The second-order valence-corrected chi connectivity index (χ2v) is 6.67. The number of nitrogens with one attached hydrogen (secondary N) is 3. The maximum absolute atomic E-state index is 12.6. The van der Waals surface area contributed by atoms with Crippen molar-refractivity contribution >= 4 is 34.6 Å². The molecule has 0 spiro atoms. The fourth-order valence-electron chi connectivity index (χ4n) is 2.84. The van der Waals surface area contributed by atoms with E-state index in [0.717, 1.165) is 25.0 Å². The number of aromatic nitrogens is 3. The number of ether oxygens (including phenoxy) is 1. The van der Waals surface area contributed by atoms with E-state index in [4.69, 9.17) is 5.11 Å². The van der Waals surface area contributed by atoms with E-state index in [1.165, 1.54) is 16.8 Å². The fraction of sp³-hybridized carbons (Fsp3) is 0.222. The van der Waals surface area contributed by atoms with Crippen molar-refractivity contribution in [1.29, 1.82) is 5.26 Å². The molecule has 0 saturated heterocycles. The maximum atomic E-state index is 12.6. The van der Waals surface area contributed by atoms with Crippen LogP contribution >= 0.6 is 0 Å². The number of alkyl halides is 3. The van der Waals surface area contributed by atoms with Crippen LogP contribution in [0.15, 0.2) is 30.5 Å². The maximum Gasteiger partial charge on any atom is 0.573 e. The monoisotopic (exact) mass is 433 g/mol. The van der Waals surface area contributed by atoms with E-state index in [1.54, 1.807) is 6.07 Å². The summed E-state index contributed by atoms with van der Waals surface area (Å²) in [6.07, 6.45) is -3.18. The Bertz CT molecular complexity index is 1200. The molecule has 0 bridgehead atoms. The largest absolute Gasteiger partial charge is 0.573 e. The van der Waals surface area contributed by atoms with E-state index in [-0.39, 0.29) is 23.2 Å². The van der Waals surface area contributed by atoms with Crippen molar-refractivity contribution in [3.8, 4) is 11.8 Å². The number of nitriles is 1. The number of anilines is 4. The molecule has 1 fully saturated rings. The average molecular weight is 433 g/mol. The molecule has 3 aromatic rings. The number of hydrogen-bond acceptors (Lipinski definition) is 7. The molecule has 4 N–H and O–H groups in total. The average Bonchev–Trinajstić information content (AvgIpc) is 3.39. The standard InChI is InChI=1S/C18H14F3N7O3/c19-18(20,21)31-14-4-3-10(5-12(14)26-17(29)30)25-15-6-13(24-9-1-2-9)16-23-8-11(7-22)28(16)27-15/h3-6,8-9,24,26H,1-2H2,(H,25,27)(H,29,30). The zero-order valence-electron chi connectivity index (χ0n) is 15.6. The summed E-state index contributed by atoms with van der Waals surface area (Å²) in [4.78, 5) is 15.2. The quantitative estimate of drug-likeness (QED) is 0.459. The summed E-state index contributed by atoms with van der Waals surface area (Å²) in [6, 6.07) is 7.29. The number of hydrogen-bond donors (Lipinski definition) is 4. The normalized spacial score (nSPS) is 13.5. The predicted octanol–water partition coefficient (Wildman–Crippen LogP) is 3.91. The molecule has 4 rings (SSSR count). The molecule has 10 nitrogen and oxygen atoms in total. The molecule has 0 aliphatic heterocycles. The van der Waals surface area contributed by atoms with Gasteiger partial charge in [-0.15, -0.1) is 18.3 Å². The highest BCUT2D eigenvalue weighted by Gasteiger charge is 2.32. The molecule has 31 heavy (non-hydrogen) atoms. The number of carboxylic acid groups (broad SMARTS) is 1. The molecule has 1 saturated carbocycles. The number of halogens is 3. The Labute approximate surface area is 172 Å². The van der Waals surface area contributed by atoms with Gasteiger partial charge in [0.05, 0.1) is 17.6 Å². The molecule has 1 aliphatic rings. The third-order valence-electron chi connectivity index (χ3n) is 4.24. The highest BCUT2D eigenvalue weighted by Crippen LogP contribution is 2.34. The molecule has 0 radical (unpaired) electrons. The minimum atomic E-state index is -4.99. The molecular weight excluding hydrogens is 419 g/mol. The van der Waals surface area contributed by atoms with Crippen molar-refractivity contribution in [2.75, 3.05) is 16.0 Å². The summed E-state index contributed by atoms with van der Waals surface area (Å²) < 4.78 is 42.9. The number of nitrogens with zero attached hydrogens (tertiary/aromatic N) is 4. The summed E-state index contributed by atoms with van der Waals surface area (Å²) in [5.74, 6) is -0.447. The van der Waals surface area contributed by atoms with Gasteiger partial charge in [-0.2, -0.15) is 9.78 Å². The van der Waals surface area contributed by atoms with E-state index in [2.05, 4.69) is 25.5 Å². The molecule has 160 valence electrons. The van der Waals surface area contributed by atoms with Crippen molar-refractivity contribution < 1.29 is 27.8 Å². The lowest BCUT2D eigenvalue weighted by Crippen LogP contribution is -2.19. The number of benzene rings is 1. The smallest absolute Gasteiger partial charge is 0.465 e. The van der Waals surface area contributed by atoms with Crippen LogP contribution in [0.25, 0.3) is 5.65 Å². The number of amides is 1. The summed E-state index contributed by atoms with van der Waals surface area (Å²) >= 11 is 0. The highest BCUT2D eigenvalue weighted by molar-refractivity contribution is 5.87. The lowest BCUT2D eigenvalue weighted by Gasteiger charge is -2.15. The summed E-state index contributed by atoms with van der Waals surface area (Å²) in [5, 5.41) is 30.5. The SMILES string of the molecule is N#Cc1cnc2c(NC3CC3)cc(Nc3ccc(OC(F)(F)F)c(NC(=O)O)c3)nn12. The second kappa shape index (κ2) is 7.56. The minimum absolute atomic E-state index is 0.194. The van der Waals surface area contributed by atoms with Gasteiger partial charge in [0.1, 0.15) is 6.07 Å². The van der Waals surface area contributed by atoms with Crippen LogP contribution in [0.1, 0.15) is 18.5 Å². The van der Waals surface area contributed by atoms with Crippen LogP contribution in [0.3, 0.4) is 0 Å². The zero-order valence-corrected chi connectivity index (χ0v) is 15.6.